The number of rotatable bonds is 4. The molecule has 5 heteroatoms. The fraction of sp³-hybridized carbons (Fsp3) is 0.154. The summed E-state index contributed by atoms with van der Waals surface area (Å²) in [5.74, 6) is -0.375. The lowest BCUT2D eigenvalue weighted by molar-refractivity contribution is 0.0660. The van der Waals surface area contributed by atoms with Gasteiger partial charge < -0.3 is 19.9 Å². The average molecular weight is 247 g/mol. The first-order chi connectivity index (χ1) is 8.56. The largest absolute Gasteiger partial charge is 0.508 e. The van der Waals surface area contributed by atoms with Crippen molar-refractivity contribution in [2.24, 2.45) is 0 Å². The van der Waals surface area contributed by atoms with Crippen LogP contribution in [0.25, 0.3) is 0 Å². The highest BCUT2D eigenvalue weighted by Gasteiger charge is 2.08. The lowest BCUT2D eigenvalue weighted by Crippen LogP contribution is -1.98. The van der Waals surface area contributed by atoms with E-state index in [1.165, 1.54) is 6.07 Å². The minimum atomic E-state index is -1.08. The first-order valence-corrected chi connectivity index (χ1v) is 5.42. The molecule has 0 unspecified atom stereocenters. The molecule has 3 N–H and O–H groups in total. The maximum Gasteiger partial charge on any atom is 0.371 e. The van der Waals surface area contributed by atoms with Crippen LogP contribution in [0.1, 0.15) is 21.9 Å². The van der Waals surface area contributed by atoms with E-state index in [0.717, 1.165) is 11.3 Å². The van der Waals surface area contributed by atoms with Crippen LogP contribution in [0.5, 0.6) is 5.75 Å². The molecule has 0 saturated heterocycles. The fourth-order valence-electron chi connectivity index (χ4n) is 1.54. The summed E-state index contributed by atoms with van der Waals surface area (Å²) in [7, 11) is 0. The van der Waals surface area contributed by atoms with Gasteiger partial charge in [0.25, 0.3) is 0 Å². The first-order valence-electron chi connectivity index (χ1n) is 5.42. The van der Waals surface area contributed by atoms with E-state index in [9.17, 15) is 9.90 Å². The molecular weight excluding hydrogens is 234 g/mol. The highest BCUT2D eigenvalue weighted by molar-refractivity contribution is 5.84. The SMILES string of the molecule is Cc1cc(NCc2ccc(C(=O)O)o2)ccc1O. The third-order valence-corrected chi connectivity index (χ3v) is 2.54. The Labute approximate surface area is 104 Å². The molecule has 2 rings (SSSR count). The van der Waals surface area contributed by atoms with Crippen molar-refractivity contribution in [3.8, 4) is 5.75 Å². The number of carboxylic acid groups (broad SMARTS) is 1. The summed E-state index contributed by atoms with van der Waals surface area (Å²) in [5.41, 5.74) is 1.60. The molecule has 2 aromatic rings. The minimum Gasteiger partial charge on any atom is -0.508 e. The van der Waals surface area contributed by atoms with E-state index in [1.807, 2.05) is 0 Å². The number of aromatic hydroxyl groups is 1. The van der Waals surface area contributed by atoms with Gasteiger partial charge in [-0.3, -0.25) is 0 Å². The van der Waals surface area contributed by atoms with Crippen molar-refractivity contribution < 1.29 is 19.4 Å². The van der Waals surface area contributed by atoms with Gasteiger partial charge in [-0.2, -0.15) is 0 Å². The van der Waals surface area contributed by atoms with Crippen LogP contribution in [0.15, 0.2) is 34.7 Å². The second-order valence-corrected chi connectivity index (χ2v) is 3.93. The van der Waals surface area contributed by atoms with E-state index < -0.39 is 5.97 Å². The molecule has 1 aromatic carbocycles. The number of hydrogen-bond donors (Lipinski definition) is 3. The second kappa shape index (κ2) is 4.83. The smallest absolute Gasteiger partial charge is 0.371 e. The molecule has 1 heterocycles. The zero-order valence-corrected chi connectivity index (χ0v) is 9.80. The van der Waals surface area contributed by atoms with Gasteiger partial charge in [-0.1, -0.05) is 0 Å². The zero-order chi connectivity index (χ0) is 13.1. The van der Waals surface area contributed by atoms with Crippen molar-refractivity contribution in [2.75, 3.05) is 5.32 Å². The van der Waals surface area contributed by atoms with Crippen molar-refractivity contribution in [3.63, 3.8) is 0 Å². The van der Waals surface area contributed by atoms with Gasteiger partial charge in [0, 0.05) is 5.69 Å². The number of nitrogens with one attached hydrogen (secondary N) is 1. The van der Waals surface area contributed by atoms with Crippen molar-refractivity contribution in [2.45, 2.75) is 13.5 Å². The maximum absolute atomic E-state index is 10.6. The van der Waals surface area contributed by atoms with Crippen LogP contribution in [-0.2, 0) is 6.54 Å². The van der Waals surface area contributed by atoms with Gasteiger partial charge in [-0.05, 0) is 42.8 Å². The molecule has 1 aromatic heterocycles. The molecule has 0 radical (unpaired) electrons. The number of aromatic carboxylic acids is 1. The molecule has 18 heavy (non-hydrogen) atoms. The Morgan fingerprint density at radius 1 is 1.33 bits per heavy atom. The predicted octanol–water partition coefficient (Wildman–Crippen LogP) is 2.60. The Hall–Kier alpha value is -2.43. The van der Waals surface area contributed by atoms with Gasteiger partial charge in [-0.25, -0.2) is 4.79 Å². The molecular formula is C13H13NO4. The number of aryl methyl sites for hydroxylation is 1. The second-order valence-electron chi connectivity index (χ2n) is 3.93. The van der Waals surface area contributed by atoms with Crippen LogP contribution in [-0.4, -0.2) is 16.2 Å². The molecule has 0 aliphatic carbocycles. The van der Waals surface area contributed by atoms with Crippen LogP contribution in [0.2, 0.25) is 0 Å². The summed E-state index contributed by atoms with van der Waals surface area (Å²) in [4.78, 5) is 10.6. The van der Waals surface area contributed by atoms with Gasteiger partial charge in [-0.15, -0.1) is 0 Å². The van der Waals surface area contributed by atoms with E-state index in [4.69, 9.17) is 9.52 Å². The highest BCUT2D eigenvalue weighted by Crippen LogP contribution is 2.20. The molecule has 0 bridgehead atoms. The summed E-state index contributed by atoms with van der Waals surface area (Å²) < 4.78 is 5.11. The summed E-state index contributed by atoms with van der Waals surface area (Å²) in [6.07, 6.45) is 0. The standard InChI is InChI=1S/C13H13NO4/c1-8-6-9(2-4-11(8)15)14-7-10-3-5-12(18-10)13(16)17/h2-6,14-15H,7H2,1H3,(H,16,17). The molecule has 94 valence electrons. The number of furan rings is 1. The number of phenolic OH excluding ortho intramolecular Hbond substituents is 1. The quantitative estimate of drug-likeness (QED) is 0.723. The molecule has 0 aliphatic heterocycles. The van der Waals surface area contributed by atoms with Crippen LogP contribution in [0.3, 0.4) is 0 Å². The minimum absolute atomic E-state index is 0.0753. The fourth-order valence-corrected chi connectivity index (χ4v) is 1.54. The molecule has 5 nitrogen and oxygen atoms in total. The number of hydrogen-bond acceptors (Lipinski definition) is 4. The Morgan fingerprint density at radius 3 is 2.72 bits per heavy atom. The Morgan fingerprint density at radius 2 is 2.11 bits per heavy atom. The summed E-state index contributed by atoms with van der Waals surface area (Å²) in [6.45, 7) is 2.19. The normalized spacial score (nSPS) is 10.3. The molecule has 0 amide bonds. The first kappa shape index (κ1) is 12.0. The van der Waals surface area contributed by atoms with Crippen LogP contribution < -0.4 is 5.32 Å². The third kappa shape index (κ3) is 2.63. The maximum atomic E-state index is 10.6. The van der Waals surface area contributed by atoms with Gasteiger partial charge in [0.05, 0.1) is 6.54 Å². The lowest BCUT2D eigenvalue weighted by Gasteiger charge is -2.06. The van der Waals surface area contributed by atoms with E-state index in [2.05, 4.69) is 5.32 Å². The number of phenols is 1. The number of carboxylic acids is 1. The van der Waals surface area contributed by atoms with Crippen molar-refractivity contribution in [1.29, 1.82) is 0 Å². The van der Waals surface area contributed by atoms with Crippen molar-refractivity contribution in [3.05, 3.63) is 47.4 Å². The van der Waals surface area contributed by atoms with Crippen LogP contribution in [0, 0.1) is 6.92 Å². The predicted molar refractivity (Wildman–Crippen MR) is 65.8 cm³/mol. The van der Waals surface area contributed by atoms with Gasteiger partial charge in [0.1, 0.15) is 11.5 Å². The average Bonchev–Trinajstić information content (AvgIpc) is 2.79. The van der Waals surface area contributed by atoms with E-state index >= 15 is 0 Å². The molecule has 0 fully saturated rings. The Balaban J connectivity index is 2.02. The molecule has 0 saturated carbocycles. The number of benzene rings is 1. The zero-order valence-electron chi connectivity index (χ0n) is 9.80. The molecule has 0 atom stereocenters. The number of anilines is 1. The van der Waals surface area contributed by atoms with Crippen molar-refractivity contribution >= 4 is 11.7 Å². The monoisotopic (exact) mass is 247 g/mol. The van der Waals surface area contributed by atoms with E-state index in [-0.39, 0.29) is 11.5 Å². The molecule has 0 spiro atoms. The summed E-state index contributed by atoms with van der Waals surface area (Å²) in [5, 5.41) is 21.2. The molecule has 0 aliphatic rings. The number of carbonyl (C=O) groups is 1. The Kier molecular flexibility index (Phi) is 3.23. The van der Waals surface area contributed by atoms with Gasteiger partial charge in [0.15, 0.2) is 0 Å². The highest BCUT2D eigenvalue weighted by atomic mass is 16.4. The van der Waals surface area contributed by atoms with Crippen molar-refractivity contribution in [1.82, 2.24) is 0 Å². The lowest BCUT2D eigenvalue weighted by atomic mass is 10.2. The van der Waals surface area contributed by atoms with Crippen LogP contribution in [0.4, 0.5) is 5.69 Å². The Bertz CT molecular complexity index is 574. The van der Waals surface area contributed by atoms with E-state index in [0.29, 0.717) is 12.3 Å². The summed E-state index contributed by atoms with van der Waals surface area (Å²) in [6, 6.07) is 8.17. The van der Waals surface area contributed by atoms with E-state index in [1.54, 1.807) is 31.2 Å². The van der Waals surface area contributed by atoms with Crippen LogP contribution >= 0.6 is 0 Å². The van der Waals surface area contributed by atoms with Gasteiger partial charge >= 0.3 is 5.97 Å². The summed E-state index contributed by atoms with van der Waals surface area (Å²) >= 11 is 0. The topological polar surface area (TPSA) is 82.7 Å². The third-order valence-electron chi connectivity index (χ3n) is 2.54. The van der Waals surface area contributed by atoms with Gasteiger partial charge in [0.2, 0.25) is 5.76 Å².